The van der Waals surface area contributed by atoms with Gasteiger partial charge in [0, 0.05) is 6.54 Å². The van der Waals surface area contributed by atoms with Crippen molar-refractivity contribution in [2.75, 3.05) is 5.32 Å². The molecule has 2 rings (SSSR count). The zero-order valence-corrected chi connectivity index (χ0v) is 11.0. The molecule has 19 heavy (non-hydrogen) atoms. The van der Waals surface area contributed by atoms with Gasteiger partial charge in [0.05, 0.1) is 17.7 Å². The van der Waals surface area contributed by atoms with E-state index in [0.717, 1.165) is 0 Å². The first-order valence-corrected chi connectivity index (χ1v) is 5.90. The first kappa shape index (κ1) is 13.1. The van der Waals surface area contributed by atoms with E-state index >= 15 is 0 Å². The average molecular weight is 265 g/mol. The molecule has 0 aliphatic heterocycles. The topological polar surface area (TPSA) is 99.0 Å². The molecule has 0 spiro atoms. The lowest BCUT2D eigenvalue weighted by molar-refractivity contribution is -0.384. The normalized spacial score (nSPS) is 10.7. The van der Waals surface area contributed by atoms with E-state index in [1.165, 1.54) is 0 Å². The van der Waals surface area contributed by atoms with Gasteiger partial charge in [0.2, 0.25) is 11.7 Å². The van der Waals surface area contributed by atoms with Gasteiger partial charge in [-0.25, -0.2) is 9.67 Å². The highest BCUT2D eigenvalue weighted by atomic mass is 16.6. The average Bonchev–Trinajstić information content (AvgIpc) is 2.89. The van der Waals surface area contributed by atoms with Gasteiger partial charge in [-0.05, 0) is 20.8 Å². The van der Waals surface area contributed by atoms with E-state index in [2.05, 4.69) is 15.4 Å². The number of hydrogen-bond donors (Lipinski definition) is 1. The van der Waals surface area contributed by atoms with Gasteiger partial charge in [-0.15, -0.1) is 0 Å². The van der Waals surface area contributed by atoms with Crippen LogP contribution in [0.3, 0.4) is 0 Å². The van der Waals surface area contributed by atoms with Crippen LogP contribution >= 0.6 is 0 Å². The first-order valence-electron chi connectivity index (χ1n) is 5.90. The van der Waals surface area contributed by atoms with E-state index in [0.29, 0.717) is 29.7 Å². The van der Waals surface area contributed by atoms with Gasteiger partial charge in [0.25, 0.3) is 0 Å². The van der Waals surface area contributed by atoms with Crippen LogP contribution in [0.1, 0.15) is 24.3 Å². The molecule has 2 aromatic heterocycles. The van der Waals surface area contributed by atoms with Crippen LogP contribution in [0.25, 0.3) is 0 Å². The largest absolute Gasteiger partial charge is 0.444 e. The molecule has 0 amide bonds. The lowest BCUT2D eigenvalue weighted by Gasteiger charge is -2.05. The molecule has 2 heterocycles. The Balaban J connectivity index is 2.25. The Bertz CT molecular complexity index is 601. The van der Waals surface area contributed by atoms with Crippen molar-refractivity contribution >= 4 is 11.5 Å². The molecule has 0 bridgehead atoms. The number of aromatic nitrogens is 3. The summed E-state index contributed by atoms with van der Waals surface area (Å²) in [5.74, 6) is 1.56. The Hall–Kier alpha value is -2.38. The van der Waals surface area contributed by atoms with E-state index in [1.54, 1.807) is 24.7 Å². The molecule has 0 aromatic carbocycles. The van der Waals surface area contributed by atoms with Gasteiger partial charge in [0.15, 0.2) is 0 Å². The fourth-order valence-electron chi connectivity index (χ4n) is 1.84. The molecule has 0 saturated carbocycles. The minimum absolute atomic E-state index is 0.00914. The van der Waals surface area contributed by atoms with Crippen LogP contribution in [-0.4, -0.2) is 19.7 Å². The molecular formula is C11H15N5O3. The smallest absolute Gasteiger partial charge is 0.333 e. The second-order valence-electron chi connectivity index (χ2n) is 4.07. The minimum Gasteiger partial charge on any atom is -0.444 e. The molecule has 0 aliphatic rings. The number of hydrogen-bond acceptors (Lipinski definition) is 6. The number of rotatable bonds is 5. The van der Waals surface area contributed by atoms with Crippen molar-refractivity contribution in [2.45, 2.75) is 33.9 Å². The molecule has 1 N–H and O–H groups in total. The summed E-state index contributed by atoms with van der Waals surface area (Å²) in [6, 6.07) is 0. The summed E-state index contributed by atoms with van der Waals surface area (Å²) < 4.78 is 6.87. The lowest BCUT2D eigenvalue weighted by atomic mass is 10.4. The van der Waals surface area contributed by atoms with Crippen molar-refractivity contribution < 1.29 is 9.34 Å². The molecular weight excluding hydrogens is 250 g/mol. The van der Waals surface area contributed by atoms with Crippen molar-refractivity contribution in [3.8, 4) is 0 Å². The van der Waals surface area contributed by atoms with Gasteiger partial charge >= 0.3 is 5.69 Å². The molecule has 0 fully saturated rings. The van der Waals surface area contributed by atoms with Crippen LogP contribution in [0.4, 0.5) is 11.5 Å². The fraction of sp³-hybridized carbons (Fsp3) is 0.455. The molecule has 8 heteroatoms. The van der Waals surface area contributed by atoms with Crippen molar-refractivity contribution in [3.05, 3.63) is 33.7 Å². The van der Waals surface area contributed by atoms with E-state index < -0.39 is 4.92 Å². The Morgan fingerprint density at radius 1 is 1.53 bits per heavy atom. The van der Waals surface area contributed by atoms with Crippen LogP contribution in [-0.2, 0) is 13.1 Å². The maximum absolute atomic E-state index is 11.1. The SMILES string of the molecule is CCn1nc(C)c([N+](=O)[O-])c1NCc1ncc(C)o1. The summed E-state index contributed by atoms with van der Waals surface area (Å²) in [7, 11) is 0. The number of aryl methyl sites for hydroxylation is 3. The van der Waals surface area contributed by atoms with Gasteiger partial charge in [-0.1, -0.05) is 0 Å². The summed E-state index contributed by atoms with van der Waals surface area (Å²) in [5, 5.41) is 18.2. The maximum Gasteiger partial charge on any atom is 0.333 e. The number of nitrogens with zero attached hydrogens (tertiary/aromatic N) is 4. The van der Waals surface area contributed by atoms with Crippen LogP contribution in [0.5, 0.6) is 0 Å². The zero-order chi connectivity index (χ0) is 14.0. The Labute approximate surface area is 109 Å². The van der Waals surface area contributed by atoms with Crippen LogP contribution in [0.2, 0.25) is 0 Å². The summed E-state index contributed by atoms with van der Waals surface area (Å²) >= 11 is 0. The van der Waals surface area contributed by atoms with Crippen LogP contribution in [0, 0.1) is 24.0 Å². The van der Waals surface area contributed by atoms with Crippen molar-refractivity contribution in [1.29, 1.82) is 0 Å². The number of nitro groups is 1. The predicted molar refractivity (Wildman–Crippen MR) is 67.9 cm³/mol. The lowest BCUT2D eigenvalue weighted by Crippen LogP contribution is -2.08. The molecule has 8 nitrogen and oxygen atoms in total. The van der Waals surface area contributed by atoms with Gasteiger partial charge in [-0.2, -0.15) is 5.10 Å². The van der Waals surface area contributed by atoms with Gasteiger partial charge in [0.1, 0.15) is 11.5 Å². The molecule has 2 aromatic rings. The molecule has 0 unspecified atom stereocenters. The number of nitrogens with one attached hydrogen (secondary N) is 1. The molecule has 0 atom stereocenters. The second-order valence-corrected chi connectivity index (χ2v) is 4.07. The summed E-state index contributed by atoms with van der Waals surface area (Å²) in [5.41, 5.74) is 0.378. The standard InChI is InChI=1S/C11H15N5O3/c1-4-15-11(10(16(17)18)8(3)14-15)13-6-9-12-5-7(2)19-9/h5,13H,4,6H2,1-3H3. The molecule has 0 radical (unpaired) electrons. The molecule has 0 aliphatic carbocycles. The third kappa shape index (κ3) is 2.56. The van der Waals surface area contributed by atoms with E-state index in [4.69, 9.17) is 4.42 Å². The van der Waals surface area contributed by atoms with E-state index in [1.807, 2.05) is 6.92 Å². The number of oxazole rings is 1. The first-order chi connectivity index (χ1) is 9.02. The summed E-state index contributed by atoms with van der Waals surface area (Å²) in [4.78, 5) is 14.7. The van der Waals surface area contributed by atoms with Crippen LogP contribution in [0.15, 0.2) is 10.6 Å². The van der Waals surface area contributed by atoms with Crippen molar-refractivity contribution in [3.63, 3.8) is 0 Å². The summed E-state index contributed by atoms with van der Waals surface area (Å²) in [6.45, 7) is 6.10. The van der Waals surface area contributed by atoms with E-state index in [9.17, 15) is 10.1 Å². The minimum atomic E-state index is -0.433. The Morgan fingerprint density at radius 2 is 2.26 bits per heavy atom. The second kappa shape index (κ2) is 5.09. The summed E-state index contributed by atoms with van der Waals surface area (Å²) in [6.07, 6.45) is 1.60. The highest BCUT2D eigenvalue weighted by Crippen LogP contribution is 2.28. The fourth-order valence-corrected chi connectivity index (χ4v) is 1.84. The molecule has 0 saturated heterocycles. The highest BCUT2D eigenvalue weighted by molar-refractivity contribution is 5.59. The predicted octanol–water partition coefficient (Wildman–Crippen LogP) is 2.03. The molecule has 102 valence electrons. The van der Waals surface area contributed by atoms with Crippen LogP contribution < -0.4 is 5.32 Å². The zero-order valence-electron chi connectivity index (χ0n) is 11.0. The quantitative estimate of drug-likeness (QED) is 0.656. The third-order valence-electron chi connectivity index (χ3n) is 2.65. The van der Waals surface area contributed by atoms with Crippen molar-refractivity contribution in [1.82, 2.24) is 14.8 Å². The van der Waals surface area contributed by atoms with Gasteiger partial charge in [-0.3, -0.25) is 10.1 Å². The Morgan fingerprint density at radius 3 is 2.79 bits per heavy atom. The Kier molecular flexibility index (Phi) is 3.50. The maximum atomic E-state index is 11.1. The monoisotopic (exact) mass is 265 g/mol. The van der Waals surface area contributed by atoms with E-state index in [-0.39, 0.29) is 12.2 Å². The highest BCUT2D eigenvalue weighted by Gasteiger charge is 2.24. The van der Waals surface area contributed by atoms with Gasteiger partial charge < -0.3 is 9.73 Å². The third-order valence-corrected chi connectivity index (χ3v) is 2.65. The van der Waals surface area contributed by atoms with Crippen molar-refractivity contribution in [2.24, 2.45) is 0 Å². The number of anilines is 1.